The fraction of sp³-hybridized carbons (Fsp3) is 0.227. The molecule has 0 bridgehead atoms. The first-order valence-electron chi connectivity index (χ1n) is 9.52. The number of halogens is 1. The Morgan fingerprint density at radius 3 is 2.63 bits per heavy atom. The summed E-state index contributed by atoms with van der Waals surface area (Å²) >= 11 is 9.39. The predicted molar refractivity (Wildman–Crippen MR) is 125 cm³/mol. The van der Waals surface area contributed by atoms with E-state index in [1.807, 2.05) is 47.9 Å². The lowest BCUT2D eigenvalue weighted by atomic mass is 10.1. The van der Waals surface area contributed by atoms with E-state index in [4.69, 9.17) is 11.6 Å². The van der Waals surface area contributed by atoms with Crippen molar-refractivity contribution in [2.45, 2.75) is 6.92 Å². The van der Waals surface area contributed by atoms with Crippen LogP contribution in [0.2, 0.25) is 5.02 Å². The molecule has 154 valence electrons. The number of benzene rings is 2. The summed E-state index contributed by atoms with van der Waals surface area (Å²) in [5.74, 6) is 1.76. The van der Waals surface area contributed by atoms with E-state index in [1.54, 1.807) is 24.4 Å². The standard InChI is InChI=1S/C22H20ClN3O2S2/c1-14-12-15(22(28)26-8-10-29-11-9-26)6-7-18(14)25-20(27)19-13-24-21(30-19)16-4-2-3-5-17(16)23/h2-7,12-13H,8-11H2,1H3,(H,25,27). The van der Waals surface area contributed by atoms with Crippen molar-refractivity contribution in [1.82, 2.24) is 9.88 Å². The lowest BCUT2D eigenvalue weighted by Crippen LogP contribution is -2.37. The van der Waals surface area contributed by atoms with Gasteiger partial charge in [-0.3, -0.25) is 9.59 Å². The van der Waals surface area contributed by atoms with Crippen molar-refractivity contribution in [3.63, 3.8) is 0 Å². The first kappa shape index (κ1) is 20.9. The maximum atomic E-state index is 12.7. The van der Waals surface area contributed by atoms with Crippen LogP contribution in [0, 0.1) is 6.92 Å². The number of thioether (sulfide) groups is 1. The molecule has 8 heteroatoms. The number of aromatic nitrogens is 1. The number of hydrogen-bond donors (Lipinski definition) is 1. The average molecular weight is 458 g/mol. The smallest absolute Gasteiger partial charge is 0.267 e. The van der Waals surface area contributed by atoms with E-state index in [0.29, 0.717) is 26.2 Å². The fourth-order valence-electron chi connectivity index (χ4n) is 3.21. The SMILES string of the molecule is Cc1cc(C(=O)N2CCSCC2)ccc1NC(=O)c1cnc(-c2ccccc2Cl)s1. The third kappa shape index (κ3) is 4.53. The van der Waals surface area contributed by atoms with Crippen molar-refractivity contribution in [3.8, 4) is 10.6 Å². The quantitative estimate of drug-likeness (QED) is 0.583. The number of aryl methyl sites for hydroxylation is 1. The molecule has 2 heterocycles. The van der Waals surface area contributed by atoms with Gasteiger partial charge in [0.15, 0.2) is 0 Å². The van der Waals surface area contributed by atoms with Crippen LogP contribution in [0.3, 0.4) is 0 Å². The van der Waals surface area contributed by atoms with Gasteiger partial charge in [0.1, 0.15) is 9.88 Å². The van der Waals surface area contributed by atoms with Gasteiger partial charge in [0.25, 0.3) is 11.8 Å². The van der Waals surface area contributed by atoms with Gasteiger partial charge in [0.05, 0.1) is 11.2 Å². The van der Waals surface area contributed by atoms with Gasteiger partial charge < -0.3 is 10.2 Å². The van der Waals surface area contributed by atoms with Crippen LogP contribution in [0.15, 0.2) is 48.7 Å². The van der Waals surface area contributed by atoms with Gasteiger partial charge in [-0.1, -0.05) is 29.8 Å². The first-order valence-corrected chi connectivity index (χ1v) is 11.9. The monoisotopic (exact) mass is 457 g/mol. The van der Waals surface area contributed by atoms with E-state index in [2.05, 4.69) is 10.3 Å². The maximum Gasteiger partial charge on any atom is 0.267 e. The zero-order valence-corrected chi connectivity index (χ0v) is 18.7. The Morgan fingerprint density at radius 2 is 1.90 bits per heavy atom. The minimum Gasteiger partial charge on any atom is -0.337 e. The molecule has 1 saturated heterocycles. The molecule has 1 aromatic heterocycles. The van der Waals surface area contributed by atoms with Gasteiger partial charge >= 0.3 is 0 Å². The van der Waals surface area contributed by atoms with Crippen LogP contribution in [-0.4, -0.2) is 46.3 Å². The summed E-state index contributed by atoms with van der Waals surface area (Å²) in [5.41, 5.74) is 2.98. The van der Waals surface area contributed by atoms with Crippen LogP contribution in [0.1, 0.15) is 25.6 Å². The third-order valence-corrected chi connectivity index (χ3v) is 7.16. The summed E-state index contributed by atoms with van der Waals surface area (Å²) in [4.78, 5) is 32.1. The Hall–Kier alpha value is -2.35. The van der Waals surface area contributed by atoms with Crippen molar-refractivity contribution < 1.29 is 9.59 Å². The van der Waals surface area contributed by atoms with Crippen LogP contribution in [0.25, 0.3) is 10.6 Å². The predicted octanol–water partition coefficient (Wildman–Crippen LogP) is 5.21. The van der Waals surface area contributed by atoms with E-state index in [1.165, 1.54) is 11.3 Å². The molecule has 0 radical (unpaired) electrons. The second-order valence-corrected chi connectivity index (χ2v) is 9.56. The first-order chi connectivity index (χ1) is 14.5. The highest BCUT2D eigenvalue weighted by molar-refractivity contribution is 7.99. The number of rotatable bonds is 4. The van der Waals surface area contributed by atoms with Crippen molar-refractivity contribution >= 4 is 52.2 Å². The molecule has 1 N–H and O–H groups in total. The molecule has 0 unspecified atom stereocenters. The number of nitrogens with one attached hydrogen (secondary N) is 1. The summed E-state index contributed by atoms with van der Waals surface area (Å²) < 4.78 is 0. The summed E-state index contributed by atoms with van der Waals surface area (Å²) in [6.07, 6.45) is 1.56. The molecule has 1 aliphatic rings. The Morgan fingerprint density at radius 1 is 1.13 bits per heavy atom. The molecule has 3 aromatic rings. The molecule has 0 atom stereocenters. The van der Waals surface area contributed by atoms with Crippen molar-refractivity contribution in [2.75, 3.05) is 29.9 Å². The summed E-state index contributed by atoms with van der Waals surface area (Å²) in [6.45, 7) is 3.45. The normalized spacial score (nSPS) is 13.9. The van der Waals surface area contributed by atoms with Gasteiger partial charge in [-0.25, -0.2) is 4.98 Å². The van der Waals surface area contributed by atoms with Gasteiger partial charge in [-0.2, -0.15) is 11.8 Å². The van der Waals surface area contributed by atoms with Crippen LogP contribution in [0.4, 0.5) is 5.69 Å². The van der Waals surface area contributed by atoms with Crippen LogP contribution >= 0.6 is 34.7 Å². The number of hydrogen-bond acceptors (Lipinski definition) is 5. The van der Waals surface area contributed by atoms with E-state index in [9.17, 15) is 9.59 Å². The van der Waals surface area contributed by atoms with E-state index < -0.39 is 0 Å². The van der Waals surface area contributed by atoms with Gasteiger partial charge in [-0.05, 0) is 36.8 Å². The third-order valence-electron chi connectivity index (χ3n) is 4.85. The van der Waals surface area contributed by atoms with Gasteiger partial charge in [-0.15, -0.1) is 11.3 Å². The zero-order valence-electron chi connectivity index (χ0n) is 16.4. The highest BCUT2D eigenvalue weighted by Gasteiger charge is 2.20. The van der Waals surface area contributed by atoms with E-state index in [-0.39, 0.29) is 11.8 Å². The van der Waals surface area contributed by atoms with Crippen LogP contribution in [-0.2, 0) is 0 Å². The summed E-state index contributed by atoms with van der Waals surface area (Å²) in [7, 11) is 0. The molecule has 30 heavy (non-hydrogen) atoms. The number of amides is 2. The van der Waals surface area contributed by atoms with Gasteiger partial charge in [0, 0.05) is 41.4 Å². The van der Waals surface area contributed by atoms with Crippen molar-refractivity contribution in [3.05, 3.63) is 69.7 Å². The lowest BCUT2D eigenvalue weighted by molar-refractivity contribution is 0.0772. The second-order valence-electron chi connectivity index (χ2n) is 6.90. The van der Waals surface area contributed by atoms with Crippen LogP contribution < -0.4 is 5.32 Å². The highest BCUT2D eigenvalue weighted by atomic mass is 35.5. The molecular formula is C22H20ClN3O2S2. The Balaban J connectivity index is 1.47. The van der Waals surface area contributed by atoms with Crippen molar-refractivity contribution in [1.29, 1.82) is 0 Å². The summed E-state index contributed by atoms with van der Waals surface area (Å²) in [6, 6.07) is 12.8. The average Bonchev–Trinajstić information content (AvgIpc) is 3.26. The number of anilines is 1. The Bertz CT molecular complexity index is 1090. The number of thiazole rings is 1. The van der Waals surface area contributed by atoms with Gasteiger partial charge in [0.2, 0.25) is 0 Å². The molecule has 2 aromatic carbocycles. The number of carbonyl (C=O) groups excluding carboxylic acids is 2. The number of carbonyl (C=O) groups is 2. The number of nitrogens with zero attached hydrogens (tertiary/aromatic N) is 2. The van der Waals surface area contributed by atoms with Crippen LogP contribution in [0.5, 0.6) is 0 Å². The Labute approximate surface area is 188 Å². The topological polar surface area (TPSA) is 62.3 Å². The second kappa shape index (κ2) is 9.20. The van der Waals surface area contributed by atoms with E-state index in [0.717, 1.165) is 35.7 Å². The fourth-order valence-corrected chi connectivity index (χ4v) is 5.24. The largest absolute Gasteiger partial charge is 0.337 e. The van der Waals surface area contributed by atoms with E-state index >= 15 is 0 Å². The molecule has 0 saturated carbocycles. The summed E-state index contributed by atoms with van der Waals surface area (Å²) in [5, 5.41) is 4.22. The maximum absolute atomic E-state index is 12.7. The minimum absolute atomic E-state index is 0.0446. The molecule has 5 nitrogen and oxygen atoms in total. The molecule has 1 fully saturated rings. The molecule has 4 rings (SSSR count). The molecule has 1 aliphatic heterocycles. The molecule has 0 aliphatic carbocycles. The molecule has 2 amide bonds. The molecule has 0 spiro atoms. The Kier molecular flexibility index (Phi) is 6.41. The molecular weight excluding hydrogens is 438 g/mol. The lowest BCUT2D eigenvalue weighted by Gasteiger charge is -2.26. The minimum atomic E-state index is -0.235. The van der Waals surface area contributed by atoms with Crippen molar-refractivity contribution in [2.24, 2.45) is 0 Å². The zero-order chi connectivity index (χ0) is 21.1. The highest BCUT2D eigenvalue weighted by Crippen LogP contribution is 2.31.